The highest BCUT2D eigenvalue weighted by molar-refractivity contribution is 7.80. The average molecular weight is 404 g/mol. The molecular formula is C23H21N3O2S. The molecular weight excluding hydrogens is 382 g/mol. The van der Waals surface area contributed by atoms with E-state index in [9.17, 15) is 9.59 Å². The summed E-state index contributed by atoms with van der Waals surface area (Å²) in [6, 6.07) is 24.2. The second-order valence-electron chi connectivity index (χ2n) is 6.29. The smallest absolute Gasteiger partial charge is 0.257 e. The minimum Gasteiger partial charge on any atom is -0.352 e. The van der Waals surface area contributed by atoms with Crippen LogP contribution in [0.1, 0.15) is 27.6 Å². The fourth-order valence-corrected chi connectivity index (χ4v) is 2.99. The molecule has 0 saturated carbocycles. The monoisotopic (exact) mass is 403 g/mol. The molecule has 3 N–H and O–H groups in total. The Balaban J connectivity index is 1.61. The molecule has 0 fully saturated rings. The lowest BCUT2D eigenvalue weighted by atomic mass is 10.0. The zero-order valence-electron chi connectivity index (χ0n) is 15.9. The topological polar surface area (TPSA) is 70.2 Å². The molecule has 3 aromatic carbocycles. The van der Waals surface area contributed by atoms with Crippen LogP contribution < -0.4 is 16.0 Å². The summed E-state index contributed by atoms with van der Waals surface area (Å²) >= 11 is 5.23. The number of nitrogens with one attached hydrogen (secondary N) is 3. The predicted octanol–water partition coefficient (Wildman–Crippen LogP) is 4.23. The van der Waals surface area contributed by atoms with Crippen molar-refractivity contribution in [2.75, 3.05) is 11.9 Å². The van der Waals surface area contributed by atoms with Gasteiger partial charge in [-0.15, -0.1) is 0 Å². The SMILES string of the molecule is CCNC(=O)c1cccc(NC(=S)NC(=O)c2ccc(-c3ccccc3)cc2)c1. The summed E-state index contributed by atoms with van der Waals surface area (Å²) < 4.78 is 0. The van der Waals surface area contributed by atoms with Gasteiger partial charge in [0.1, 0.15) is 0 Å². The van der Waals surface area contributed by atoms with Gasteiger partial charge in [0.15, 0.2) is 5.11 Å². The normalized spacial score (nSPS) is 10.1. The van der Waals surface area contributed by atoms with E-state index in [1.165, 1.54) is 0 Å². The highest BCUT2D eigenvalue weighted by Crippen LogP contribution is 2.19. The third-order valence-corrected chi connectivity index (χ3v) is 4.41. The zero-order valence-corrected chi connectivity index (χ0v) is 16.8. The molecule has 0 aliphatic carbocycles. The Hall–Kier alpha value is -3.51. The second-order valence-corrected chi connectivity index (χ2v) is 6.70. The fraction of sp³-hybridized carbons (Fsp3) is 0.0870. The number of benzene rings is 3. The van der Waals surface area contributed by atoms with Crippen LogP contribution in [0.2, 0.25) is 0 Å². The number of hydrogen-bond acceptors (Lipinski definition) is 3. The van der Waals surface area contributed by atoms with Gasteiger partial charge in [-0.05, 0) is 60.6 Å². The van der Waals surface area contributed by atoms with E-state index in [-0.39, 0.29) is 16.9 Å². The highest BCUT2D eigenvalue weighted by atomic mass is 32.1. The maximum atomic E-state index is 12.5. The molecule has 0 aliphatic rings. The van der Waals surface area contributed by atoms with E-state index in [0.717, 1.165) is 11.1 Å². The fourth-order valence-electron chi connectivity index (χ4n) is 2.78. The Kier molecular flexibility index (Phi) is 6.71. The minimum absolute atomic E-state index is 0.162. The number of amides is 2. The quantitative estimate of drug-likeness (QED) is 0.558. The van der Waals surface area contributed by atoms with Crippen LogP contribution in [0, 0.1) is 0 Å². The first-order chi connectivity index (χ1) is 14.1. The van der Waals surface area contributed by atoms with Gasteiger partial charge < -0.3 is 10.6 Å². The van der Waals surface area contributed by atoms with E-state index in [2.05, 4.69) is 16.0 Å². The largest absolute Gasteiger partial charge is 0.352 e. The highest BCUT2D eigenvalue weighted by Gasteiger charge is 2.10. The molecule has 146 valence electrons. The van der Waals surface area contributed by atoms with E-state index >= 15 is 0 Å². The van der Waals surface area contributed by atoms with Crippen molar-refractivity contribution in [2.24, 2.45) is 0 Å². The molecule has 5 nitrogen and oxygen atoms in total. The van der Waals surface area contributed by atoms with Crippen LogP contribution in [0.15, 0.2) is 78.9 Å². The molecule has 2 amide bonds. The molecule has 0 radical (unpaired) electrons. The molecule has 0 heterocycles. The third kappa shape index (κ3) is 5.49. The number of anilines is 1. The summed E-state index contributed by atoms with van der Waals surface area (Å²) in [4.78, 5) is 24.4. The first-order valence-corrected chi connectivity index (χ1v) is 9.63. The third-order valence-electron chi connectivity index (χ3n) is 4.20. The van der Waals surface area contributed by atoms with Crippen molar-refractivity contribution in [3.8, 4) is 11.1 Å². The minimum atomic E-state index is -0.304. The van der Waals surface area contributed by atoms with Crippen LogP contribution in [0.25, 0.3) is 11.1 Å². The first-order valence-electron chi connectivity index (χ1n) is 9.23. The van der Waals surface area contributed by atoms with Crippen molar-refractivity contribution >= 4 is 34.8 Å². The van der Waals surface area contributed by atoms with Crippen molar-refractivity contribution in [1.82, 2.24) is 10.6 Å². The molecule has 0 aliphatic heterocycles. The Morgan fingerprint density at radius 2 is 1.48 bits per heavy atom. The van der Waals surface area contributed by atoms with Crippen molar-refractivity contribution in [3.05, 3.63) is 90.0 Å². The van der Waals surface area contributed by atoms with Crippen molar-refractivity contribution < 1.29 is 9.59 Å². The van der Waals surface area contributed by atoms with Crippen LogP contribution in [0.5, 0.6) is 0 Å². The summed E-state index contributed by atoms with van der Waals surface area (Å²) in [5.74, 6) is -0.466. The van der Waals surface area contributed by atoms with Crippen LogP contribution >= 0.6 is 12.2 Å². The molecule has 0 unspecified atom stereocenters. The van der Waals surface area contributed by atoms with Crippen LogP contribution in [0.4, 0.5) is 5.69 Å². The molecule has 3 rings (SSSR count). The van der Waals surface area contributed by atoms with Gasteiger partial charge in [-0.2, -0.15) is 0 Å². The van der Waals surface area contributed by atoms with Gasteiger partial charge in [0.05, 0.1) is 0 Å². The van der Waals surface area contributed by atoms with Crippen molar-refractivity contribution in [2.45, 2.75) is 6.92 Å². The summed E-state index contributed by atoms with van der Waals surface area (Å²) in [6.45, 7) is 2.41. The van der Waals surface area contributed by atoms with Crippen LogP contribution in [-0.2, 0) is 0 Å². The Bertz CT molecular complexity index is 1020. The van der Waals surface area contributed by atoms with E-state index in [1.807, 2.05) is 49.4 Å². The maximum Gasteiger partial charge on any atom is 0.257 e. The molecule has 0 aromatic heterocycles. The second kappa shape index (κ2) is 9.61. The predicted molar refractivity (Wildman–Crippen MR) is 120 cm³/mol. The number of hydrogen-bond donors (Lipinski definition) is 3. The molecule has 3 aromatic rings. The van der Waals surface area contributed by atoms with Gasteiger partial charge in [-0.25, -0.2) is 0 Å². The van der Waals surface area contributed by atoms with Gasteiger partial charge in [0.2, 0.25) is 0 Å². The lowest BCUT2D eigenvalue weighted by Crippen LogP contribution is -2.34. The van der Waals surface area contributed by atoms with Gasteiger partial charge in [0.25, 0.3) is 11.8 Å². The summed E-state index contributed by atoms with van der Waals surface area (Å²) in [5.41, 5.74) is 3.76. The summed E-state index contributed by atoms with van der Waals surface area (Å²) in [5, 5.41) is 8.50. The van der Waals surface area contributed by atoms with E-state index in [0.29, 0.717) is 23.4 Å². The van der Waals surface area contributed by atoms with Crippen LogP contribution in [-0.4, -0.2) is 23.5 Å². The number of carbonyl (C=O) groups excluding carboxylic acids is 2. The number of carbonyl (C=O) groups is 2. The zero-order chi connectivity index (χ0) is 20.6. The van der Waals surface area contributed by atoms with E-state index < -0.39 is 0 Å². The Morgan fingerprint density at radius 1 is 0.793 bits per heavy atom. The Morgan fingerprint density at radius 3 is 2.17 bits per heavy atom. The van der Waals surface area contributed by atoms with E-state index in [1.54, 1.807) is 36.4 Å². The molecule has 29 heavy (non-hydrogen) atoms. The number of thiocarbonyl (C=S) groups is 1. The van der Waals surface area contributed by atoms with Gasteiger partial charge in [0, 0.05) is 23.4 Å². The van der Waals surface area contributed by atoms with Gasteiger partial charge >= 0.3 is 0 Å². The Labute approximate surface area is 175 Å². The van der Waals surface area contributed by atoms with Crippen molar-refractivity contribution in [1.29, 1.82) is 0 Å². The standard InChI is InChI=1S/C23H21N3O2S/c1-2-24-21(27)19-9-6-10-20(15-19)25-23(29)26-22(28)18-13-11-17(12-14-18)16-7-4-3-5-8-16/h3-15H,2H2,1H3,(H,24,27)(H2,25,26,28,29). The van der Waals surface area contributed by atoms with Gasteiger partial charge in [-0.1, -0.05) is 48.5 Å². The lowest BCUT2D eigenvalue weighted by molar-refractivity contribution is 0.0953. The molecule has 0 bridgehead atoms. The average Bonchev–Trinajstić information content (AvgIpc) is 2.75. The first kappa shape index (κ1) is 20.2. The molecule has 0 saturated heterocycles. The molecule has 6 heteroatoms. The molecule has 0 atom stereocenters. The summed E-state index contributed by atoms with van der Waals surface area (Å²) in [7, 11) is 0. The lowest BCUT2D eigenvalue weighted by Gasteiger charge is -2.11. The molecule has 0 spiro atoms. The van der Waals surface area contributed by atoms with Crippen molar-refractivity contribution in [3.63, 3.8) is 0 Å². The number of rotatable bonds is 5. The van der Waals surface area contributed by atoms with Gasteiger partial charge in [-0.3, -0.25) is 14.9 Å². The maximum absolute atomic E-state index is 12.5. The summed E-state index contributed by atoms with van der Waals surface area (Å²) in [6.07, 6.45) is 0. The van der Waals surface area contributed by atoms with Crippen LogP contribution in [0.3, 0.4) is 0 Å². The van der Waals surface area contributed by atoms with E-state index in [4.69, 9.17) is 12.2 Å².